The highest BCUT2D eigenvalue weighted by Crippen LogP contribution is 2.23. The molecule has 0 unspecified atom stereocenters. The molecule has 130 valence electrons. The Morgan fingerprint density at radius 3 is 2.84 bits per heavy atom. The molecule has 2 amide bonds. The van der Waals surface area contributed by atoms with Crippen molar-refractivity contribution in [2.75, 3.05) is 22.5 Å². The maximum Gasteiger partial charge on any atom is 0.234 e. The van der Waals surface area contributed by atoms with Gasteiger partial charge in [0.05, 0.1) is 5.75 Å². The van der Waals surface area contributed by atoms with E-state index >= 15 is 0 Å². The molecule has 1 aliphatic rings. The van der Waals surface area contributed by atoms with Crippen LogP contribution in [0.4, 0.5) is 11.4 Å². The Labute approximate surface area is 150 Å². The zero-order chi connectivity index (χ0) is 17.6. The molecule has 0 radical (unpaired) electrons. The van der Waals surface area contributed by atoms with E-state index < -0.39 is 0 Å². The lowest BCUT2D eigenvalue weighted by atomic mass is 10.2. The lowest BCUT2D eigenvalue weighted by Crippen LogP contribution is -2.23. The summed E-state index contributed by atoms with van der Waals surface area (Å²) in [6.07, 6.45) is 4.86. The number of hydrogen-bond acceptors (Lipinski definition) is 5. The Balaban J connectivity index is 1.53. The van der Waals surface area contributed by atoms with Gasteiger partial charge in [-0.1, -0.05) is 17.8 Å². The van der Waals surface area contributed by atoms with Crippen molar-refractivity contribution in [3.63, 3.8) is 0 Å². The van der Waals surface area contributed by atoms with Crippen LogP contribution in [0.25, 0.3) is 0 Å². The molecule has 0 atom stereocenters. The van der Waals surface area contributed by atoms with Gasteiger partial charge < -0.3 is 14.8 Å². The van der Waals surface area contributed by atoms with Gasteiger partial charge in [0.2, 0.25) is 11.8 Å². The Hall–Kier alpha value is -2.61. The number of rotatable bonds is 7. The average Bonchev–Trinajstić information content (AvgIpc) is 3.23. The molecule has 25 heavy (non-hydrogen) atoms. The fourth-order valence-electron chi connectivity index (χ4n) is 2.59. The van der Waals surface area contributed by atoms with Crippen LogP contribution in [-0.4, -0.2) is 38.9 Å². The number of hydrogen-bond donors (Lipinski definition) is 1. The third-order valence-electron chi connectivity index (χ3n) is 3.77. The van der Waals surface area contributed by atoms with Crippen LogP contribution in [0.1, 0.15) is 12.8 Å². The summed E-state index contributed by atoms with van der Waals surface area (Å²) in [5.74, 6) is 0.266. The number of allylic oxidation sites excluding steroid dienone is 1. The summed E-state index contributed by atoms with van der Waals surface area (Å²) in [4.78, 5) is 25.6. The maximum atomic E-state index is 12.1. The molecule has 2 aromatic rings. The van der Waals surface area contributed by atoms with E-state index in [-0.39, 0.29) is 17.6 Å². The standard InChI is InChI=1S/C17H19N5O2S/c1-2-9-21-12-18-20-17(21)25-11-15(23)19-13-5-7-14(8-6-13)22-10-3-4-16(22)24/h2,5-8,12H,1,3-4,9-11H2,(H,19,23). The van der Waals surface area contributed by atoms with E-state index in [1.165, 1.54) is 11.8 Å². The Morgan fingerprint density at radius 1 is 1.36 bits per heavy atom. The second-order valence-corrected chi connectivity index (χ2v) is 6.53. The summed E-state index contributed by atoms with van der Waals surface area (Å²) in [6, 6.07) is 7.33. The third kappa shape index (κ3) is 4.27. The molecule has 1 aliphatic heterocycles. The Kier molecular flexibility index (Phi) is 5.49. The van der Waals surface area contributed by atoms with Crippen molar-refractivity contribution in [3.8, 4) is 0 Å². The molecule has 1 N–H and O–H groups in total. The van der Waals surface area contributed by atoms with Gasteiger partial charge >= 0.3 is 0 Å². The number of nitrogens with one attached hydrogen (secondary N) is 1. The average molecular weight is 357 g/mol. The largest absolute Gasteiger partial charge is 0.325 e. The fourth-order valence-corrected chi connectivity index (χ4v) is 3.32. The number of thioether (sulfide) groups is 1. The first kappa shape index (κ1) is 17.2. The molecule has 1 aromatic carbocycles. The number of benzene rings is 1. The molecule has 0 saturated carbocycles. The van der Waals surface area contributed by atoms with E-state index in [1.807, 2.05) is 28.8 Å². The molecule has 1 fully saturated rings. The first-order valence-corrected chi connectivity index (χ1v) is 8.97. The van der Waals surface area contributed by atoms with Crippen LogP contribution in [-0.2, 0) is 16.1 Å². The van der Waals surface area contributed by atoms with Gasteiger partial charge in [-0.05, 0) is 30.7 Å². The van der Waals surface area contributed by atoms with Crippen LogP contribution in [0, 0.1) is 0 Å². The van der Waals surface area contributed by atoms with Gasteiger partial charge in [0.25, 0.3) is 0 Å². The zero-order valence-electron chi connectivity index (χ0n) is 13.7. The maximum absolute atomic E-state index is 12.1. The number of amides is 2. The topological polar surface area (TPSA) is 80.1 Å². The highest BCUT2D eigenvalue weighted by molar-refractivity contribution is 7.99. The minimum atomic E-state index is -0.122. The normalized spacial score (nSPS) is 13.9. The summed E-state index contributed by atoms with van der Waals surface area (Å²) in [6.45, 7) is 5.04. The number of carbonyl (C=O) groups excluding carboxylic acids is 2. The minimum Gasteiger partial charge on any atom is -0.325 e. The predicted molar refractivity (Wildman–Crippen MR) is 97.6 cm³/mol. The van der Waals surface area contributed by atoms with E-state index in [0.29, 0.717) is 23.8 Å². The van der Waals surface area contributed by atoms with Gasteiger partial charge in [-0.2, -0.15) is 0 Å². The number of carbonyl (C=O) groups is 2. The molecule has 0 bridgehead atoms. The summed E-state index contributed by atoms with van der Waals surface area (Å²) >= 11 is 1.32. The zero-order valence-corrected chi connectivity index (χ0v) is 14.5. The summed E-state index contributed by atoms with van der Waals surface area (Å²) in [7, 11) is 0. The van der Waals surface area contributed by atoms with Crippen molar-refractivity contribution >= 4 is 35.0 Å². The molecule has 2 heterocycles. The van der Waals surface area contributed by atoms with Crippen molar-refractivity contribution in [3.05, 3.63) is 43.2 Å². The lowest BCUT2D eigenvalue weighted by molar-refractivity contribution is -0.117. The van der Waals surface area contributed by atoms with Crippen molar-refractivity contribution in [2.24, 2.45) is 0 Å². The van der Waals surface area contributed by atoms with Gasteiger partial charge in [0.1, 0.15) is 6.33 Å². The molecule has 0 spiro atoms. The highest BCUT2D eigenvalue weighted by atomic mass is 32.2. The SMILES string of the molecule is C=CCn1cnnc1SCC(=O)Nc1ccc(N2CCCC2=O)cc1. The van der Waals surface area contributed by atoms with Crippen LogP contribution in [0.3, 0.4) is 0 Å². The summed E-state index contributed by atoms with van der Waals surface area (Å²) < 4.78 is 1.83. The van der Waals surface area contributed by atoms with Crippen LogP contribution in [0.5, 0.6) is 0 Å². The Morgan fingerprint density at radius 2 is 2.16 bits per heavy atom. The van der Waals surface area contributed by atoms with Gasteiger partial charge in [0, 0.05) is 30.9 Å². The first-order valence-electron chi connectivity index (χ1n) is 7.99. The van der Waals surface area contributed by atoms with Crippen molar-refractivity contribution in [2.45, 2.75) is 24.5 Å². The minimum absolute atomic E-state index is 0.122. The second kappa shape index (κ2) is 7.98. The van der Waals surface area contributed by atoms with Crippen LogP contribution < -0.4 is 10.2 Å². The van der Waals surface area contributed by atoms with Gasteiger partial charge in [0.15, 0.2) is 5.16 Å². The number of aromatic nitrogens is 3. The van der Waals surface area contributed by atoms with Crippen molar-refractivity contribution in [1.82, 2.24) is 14.8 Å². The molecular weight excluding hydrogens is 338 g/mol. The molecule has 3 rings (SSSR count). The van der Waals surface area contributed by atoms with Crippen molar-refractivity contribution < 1.29 is 9.59 Å². The molecule has 7 nitrogen and oxygen atoms in total. The molecule has 1 aromatic heterocycles. The first-order chi connectivity index (χ1) is 12.2. The van der Waals surface area contributed by atoms with E-state index in [9.17, 15) is 9.59 Å². The molecular formula is C17H19N5O2S. The molecule has 1 saturated heterocycles. The number of anilines is 2. The molecule has 0 aliphatic carbocycles. The smallest absolute Gasteiger partial charge is 0.234 e. The van der Waals surface area contributed by atoms with Gasteiger partial charge in [-0.3, -0.25) is 9.59 Å². The van der Waals surface area contributed by atoms with Crippen LogP contribution >= 0.6 is 11.8 Å². The van der Waals surface area contributed by atoms with E-state index in [1.54, 1.807) is 17.3 Å². The predicted octanol–water partition coefficient (Wildman–Crippen LogP) is 2.32. The quantitative estimate of drug-likeness (QED) is 0.608. The summed E-state index contributed by atoms with van der Waals surface area (Å²) in [5.41, 5.74) is 1.57. The fraction of sp³-hybridized carbons (Fsp3) is 0.294. The highest BCUT2D eigenvalue weighted by Gasteiger charge is 2.21. The van der Waals surface area contributed by atoms with E-state index in [0.717, 1.165) is 18.7 Å². The molecule has 8 heteroatoms. The lowest BCUT2D eigenvalue weighted by Gasteiger charge is -2.16. The van der Waals surface area contributed by atoms with Crippen LogP contribution in [0.15, 0.2) is 48.4 Å². The number of nitrogens with zero attached hydrogens (tertiary/aromatic N) is 4. The second-order valence-electron chi connectivity index (χ2n) is 5.59. The Bertz CT molecular complexity index is 772. The van der Waals surface area contributed by atoms with E-state index in [2.05, 4.69) is 22.1 Å². The monoisotopic (exact) mass is 357 g/mol. The van der Waals surface area contributed by atoms with Gasteiger partial charge in [-0.15, -0.1) is 16.8 Å². The van der Waals surface area contributed by atoms with E-state index in [4.69, 9.17) is 0 Å². The summed E-state index contributed by atoms with van der Waals surface area (Å²) in [5, 5.41) is 11.3. The third-order valence-corrected chi connectivity index (χ3v) is 4.76. The van der Waals surface area contributed by atoms with Gasteiger partial charge in [-0.25, -0.2) is 0 Å². The van der Waals surface area contributed by atoms with Crippen LogP contribution in [0.2, 0.25) is 0 Å². The van der Waals surface area contributed by atoms with Crippen molar-refractivity contribution in [1.29, 1.82) is 0 Å².